The number of benzene rings is 1. The Kier molecular flexibility index (Phi) is 4.41. The molecule has 1 aromatic carbocycles. The van der Waals surface area contributed by atoms with Crippen molar-refractivity contribution in [3.05, 3.63) is 69.1 Å². The standard InChI is InChI=1S/C16H16BrN3S/c1-12(16-15(17)6-9-21-16)19-14-5-2-4-13(10-14)11-20-8-3-7-18-20/h2-10,12,19H,11H2,1H3. The summed E-state index contributed by atoms with van der Waals surface area (Å²) in [6, 6.07) is 12.8. The molecule has 0 aliphatic carbocycles. The van der Waals surface area contributed by atoms with Crippen molar-refractivity contribution in [3.8, 4) is 0 Å². The molecule has 0 saturated heterocycles. The van der Waals surface area contributed by atoms with E-state index in [1.807, 2.05) is 16.9 Å². The molecular weight excluding hydrogens is 346 g/mol. The molecule has 0 aliphatic heterocycles. The average Bonchev–Trinajstić information content (AvgIpc) is 3.10. The number of hydrogen-bond acceptors (Lipinski definition) is 3. The lowest BCUT2D eigenvalue weighted by molar-refractivity contribution is 0.687. The molecule has 0 saturated carbocycles. The SMILES string of the molecule is CC(Nc1cccc(Cn2cccn2)c1)c1sccc1Br. The van der Waals surface area contributed by atoms with Gasteiger partial charge in [0.15, 0.2) is 0 Å². The van der Waals surface area contributed by atoms with Crippen molar-refractivity contribution in [1.29, 1.82) is 0 Å². The van der Waals surface area contributed by atoms with Crippen LogP contribution in [0.3, 0.4) is 0 Å². The Morgan fingerprint density at radius 3 is 2.95 bits per heavy atom. The number of nitrogens with zero attached hydrogens (tertiary/aromatic N) is 2. The Morgan fingerprint density at radius 2 is 2.24 bits per heavy atom. The van der Waals surface area contributed by atoms with E-state index < -0.39 is 0 Å². The second kappa shape index (κ2) is 6.45. The number of hydrogen-bond donors (Lipinski definition) is 1. The van der Waals surface area contributed by atoms with Crippen LogP contribution in [0.1, 0.15) is 23.4 Å². The number of anilines is 1. The minimum absolute atomic E-state index is 0.277. The Labute approximate surface area is 136 Å². The molecule has 3 rings (SSSR count). The van der Waals surface area contributed by atoms with E-state index in [1.54, 1.807) is 17.5 Å². The third-order valence-electron chi connectivity index (χ3n) is 3.25. The van der Waals surface area contributed by atoms with Gasteiger partial charge in [-0.1, -0.05) is 12.1 Å². The molecule has 3 nitrogen and oxygen atoms in total. The predicted molar refractivity (Wildman–Crippen MR) is 91.8 cm³/mol. The lowest BCUT2D eigenvalue weighted by Crippen LogP contribution is -2.06. The van der Waals surface area contributed by atoms with Gasteiger partial charge in [0.1, 0.15) is 0 Å². The fraction of sp³-hybridized carbons (Fsp3) is 0.188. The van der Waals surface area contributed by atoms with Crippen LogP contribution >= 0.6 is 27.3 Å². The predicted octanol–water partition coefficient (Wildman–Crippen LogP) is 4.93. The normalized spacial score (nSPS) is 12.3. The summed E-state index contributed by atoms with van der Waals surface area (Å²) in [4.78, 5) is 1.31. The van der Waals surface area contributed by atoms with Gasteiger partial charge in [-0.15, -0.1) is 11.3 Å². The van der Waals surface area contributed by atoms with E-state index in [9.17, 15) is 0 Å². The van der Waals surface area contributed by atoms with Crippen molar-refractivity contribution < 1.29 is 0 Å². The topological polar surface area (TPSA) is 29.9 Å². The quantitative estimate of drug-likeness (QED) is 0.698. The number of nitrogens with one attached hydrogen (secondary N) is 1. The molecule has 5 heteroatoms. The highest BCUT2D eigenvalue weighted by atomic mass is 79.9. The van der Waals surface area contributed by atoms with Crippen LogP contribution < -0.4 is 5.32 Å². The third-order valence-corrected chi connectivity index (χ3v) is 5.31. The van der Waals surface area contributed by atoms with Gasteiger partial charge in [-0.3, -0.25) is 4.68 Å². The molecule has 3 aromatic rings. The van der Waals surface area contributed by atoms with Crippen LogP contribution in [-0.2, 0) is 6.54 Å². The van der Waals surface area contributed by atoms with Crippen LogP contribution in [0, 0.1) is 0 Å². The van der Waals surface area contributed by atoms with Crippen molar-refractivity contribution in [1.82, 2.24) is 9.78 Å². The molecule has 2 aromatic heterocycles. The minimum Gasteiger partial charge on any atom is -0.378 e. The molecule has 21 heavy (non-hydrogen) atoms. The molecule has 2 heterocycles. The first-order valence-electron chi connectivity index (χ1n) is 6.78. The summed E-state index contributed by atoms with van der Waals surface area (Å²) in [5, 5.41) is 9.90. The van der Waals surface area contributed by atoms with Gasteiger partial charge in [0.2, 0.25) is 0 Å². The maximum Gasteiger partial charge on any atom is 0.0660 e. The van der Waals surface area contributed by atoms with Gasteiger partial charge in [0, 0.05) is 27.4 Å². The minimum atomic E-state index is 0.277. The van der Waals surface area contributed by atoms with Crippen molar-refractivity contribution >= 4 is 33.0 Å². The molecular formula is C16H16BrN3S. The molecule has 108 valence electrons. The van der Waals surface area contributed by atoms with E-state index in [0.29, 0.717) is 0 Å². The Balaban J connectivity index is 1.72. The molecule has 1 unspecified atom stereocenters. The lowest BCUT2D eigenvalue weighted by Gasteiger charge is -2.15. The van der Waals surface area contributed by atoms with Crippen LogP contribution in [0.5, 0.6) is 0 Å². The molecule has 0 fully saturated rings. The molecule has 0 radical (unpaired) electrons. The highest BCUT2D eigenvalue weighted by Gasteiger charge is 2.10. The maximum absolute atomic E-state index is 4.25. The van der Waals surface area contributed by atoms with Crippen molar-refractivity contribution in [3.63, 3.8) is 0 Å². The van der Waals surface area contributed by atoms with Gasteiger partial charge in [-0.25, -0.2) is 0 Å². The zero-order valence-corrected chi connectivity index (χ0v) is 14.1. The van der Waals surface area contributed by atoms with Gasteiger partial charge in [0.05, 0.1) is 12.6 Å². The maximum atomic E-state index is 4.25. The second-order valence-electron chi connectivity index (χ2n) is 4.90. The monoisotopic (exact) mass is 361 g/mol. The fourth-order valence-electron chi connectivity index (χ4n) is 2.27. The Bertz CT molecular complexity index is 706. The first-order valence-corrected chi connectivity index (χ1v) is 8.45. The van der Waals surface area contributed by atoms with Gasteiger partial charge >= 0.3 is 0 Å². The first-order chi connectivity index (χ1) is 10.2. The number of thiophene rings is 1. The Morgan fingerprint density at radius 1 is 1.33 bits per heavy atom. The molecule has 0 spiro atoms. The van der Waals surface area contributed by atoms with Crippen LogP contribution in [0.4, 0.5) is 5.69 Å². The van der Waals surface area contributed by atoms with E-state index in [0.717, 1.165) is 12.2 Å². The van der Waals surface area contributed by atoms with Gasteiger partial charge in [-0.05, 0) is 58.1 Å². The van der Waals surface area contributed by atoms with Crippen LogP contribution in [0.2, 0.25) is 0 Å². The van der Waals surface area contributed by atoms with Crippen LogP contribution in [0.25, 0.3) is 0 Å². The number of rotatable bonds is 5. The average molecular weight is 362 g/mol. The van der Waals surface area contributed by atoms with E-state index >= 15 is 0 Å². The van der Waals surface area contributed by atoms with Crippen LogP contribution in [-0.4, -0.2) is 9.78 Å². The fourth-order valence-corrected chi connectivity index (χ4v) is 4.00. The van der Waals surface area contributed by atoms with E-state index in [1.165, 1.54) is 14.9 Å². The van der Waals surface area contributed by atoms with Crippen molar-refractivity contribution in [2.24, 2.45) is 0 Å². The lowest BCUT2D eigenvalue weighted by atomic mass is 10.2. The van der Waals surface area contributed by atoms with Crippen LogP contribution in [0.15, 0.2) is 58.6 Å². The molecule has 1 atom stereocenters. The van der Waals surface area contributed by atoms with Crippen molar-refractivity contribution in [2.75, 3.05) is 5.32 Å². The third kappa shape index (κ3) is 3.54. The summed E-state index contributed by atoms with van der Waals surface area (Å²) in [6.45, 7) is 2.97. The summed E-state index contributed by atoms with van der Waals surface area (Å²) in [7, 11) is 0. The first kappa shape index (κ1) is 14.4. The highest BCUT2D eigenvalue weighted by Crippen LogP contribution is 2.31. The van der Waals surface area contributed by atoms with E-state index in [-0.39, 0.29) is 6.04 Å². The van der Waals surface area contributed by atoms with Gasteiger partial charge in [-0.2, -0.15) is 5.10 Å². The molecule has 0 aliphatic rings. The number of aromatic nitrogens is 2. The smallest absolute Gasteiger partial charge is 0.0660 e. The van der Waals surface area contributed by atoms with E-state index in [2.05, 4.69) is 69.0 Å². The highest BCUT2D eigenvalue weighted by molar-refractivity contribution is 9.10. The molecule has 0 amide bonds. The Hall–Kier alpha value is -1.59. The number of halogens is 1. The van der Waals surface area contributed by atoms with Gasteiger partial charge in [0.25, 0.3) is 0 Å². The van der Waals surface area contributed by atoms with E-state index in [4.69, 9.17) is 0 Å². The zero-order valence-electron chi connectivity index (χ0n) is 11.7. The molecule has 1 N–H and O–H groups in total. The largest absolute Gasteiger partial charge is 0.378 e. The summed E-state index contributed by atoms with van der Waals surface area (Å²) in [6.07, 6.45) is 3.78. The summed E-state index contributed by atoms with van der Waals surface area (Å²) in [5.74, 6) is 0. The summed E-state index contributed by atoms with van der Waals surface area (Å²) >= 11 is 5.35. The van der Waals surface area contributed by atoms with Gasteiger partial charge < -0.3 is 5.32 Å². The zero-order chi connectivity index (χ0) is 14.7. The molecule has 0 bridgehead atoms. The van der Waals surface area contributed by atoms with Crippen molar-refractivity contribution in [2.45, 2.75) is 19.5 Å². The second-order valence-corrected chi connectivity index (χ2v) is 6.70. The summed E-state index contributed by atoms with van der Waals surface area (Å²) < 4.78 is 3.10. The summed E-state index contributed by atoms with van der Waals surface area (Å²) in [5.41, 5.74) is 2.37.